The lowest BCUT2D eigenvalue weighted by molar-refractivity contribution is -0.137. The van der Waals surface area contributed by atoms with Crippen LogP contribution in [0, 0.1) is 13.8 Å². The number of alkyl halides is 3. The highest BCUT2D eigenvalue weighted by Gasteiger charge is 2.33. The fourth-order valence-electron chi connectivity index (χ4n) is 2.62. The van der Waals surface area contributed by atoms with Crippen LogP contribution in [0.3, 0.4) is 0 Å². The second-order valence-corrected chi connectivity index (χ2v) is 7.36. The van der Waals surface area contributed by atoms with Gasteiger partial charge in [0.25, 0.3) is 0 Å². The summed E-state index contributed by atoms with van der Waals surface area (Å²) in [4.78, 5) is 12.3. The molecule has 0 unspecified atom stereocenters. The van der Waals surface area contributed by atoms with Crippen LogP contribution in [-0.2, 0) is 11.9 Å². The molecule has 1 aromatic heterocycles. The van der Waals surface area contributed by atoms with E-state index in [-0.39, 0.29) is 5.02 Å². The molecular formula is C19H14ClF3O2S. The van der Waals surface area contributed by atoms with Crippen molar-refractivity contribution in [3.05, 3.63) is 74.1 Å². The molecule has 0 amide bonds. The first-order valence-electron chi connectivity index (χ1n) is 7.69. The molecule has 0 atom stereocenters. The average molecular weight is 399 g/mol. The van der Waals surface area contributed by atoms with Gasteiger partial charge in [0.05, 0.1) is 10.6 Å². The van der Waals surface area contributed by atoms with Crippen LogP contribution >= 0.6 is 23.4 Å². The Morgan fingerprint density at radius 2 is 1.85 bits per heavy atom. The Morgan fingerprint density at radius 1 is 1.12 bits per heavy atom. The van der Waals surface area contributed by atoms with Gasteiger partial charge in [0.15, 0.2) is 0 Å². The molecular weight excluding hydrogens is 385 g/mol. The number of hydrogen-bond donors (Lipinski definition) is 0. The summed E-state index contributed by atoms with van der Waals surface area (Å²) in [7, 11) is 0. The van der Waals surface area contributed by atoms with E-state index in [0.717, 1.165) is 22.6 Å². The molecule has 0 radical (unpaired) electrons. The van der Waals surface area contributed by atoms with Gasteiger partial charge in [-0.15, -0.1) is 11.8 Å². The van der Waals surface area contributed by atoms with Crippen molar-refractivity contribution in [2.75, 3.05) is 0 Å². The van der Waals surface area contributed by atoms with E-state index in [0.29, 0.717) is 21.8 Å². The molecule has 2 aromatic carbocycles. The topological polar surface area (TPSA) is 30.2 Å². The number of fused-ring (bicyclic) bond motifs is 1. The number of rotatable bonds is 3. The highest BCUT2D eigenvalue weighted by molar-refractivity contribution is 7.98. The Balaban J connectivity index is 1.96. The first-order valence-corrected chi connectivity index (χ1v) is 9.05. The summed E-state index contributed by atoms with van der Waals surface area (Å²) in [5.41, 5.74) is 1.75. The third kappa shape index (κ3) is 3.76. The summed E-state index contributed by atoms with van der Waals surface area (Å²) in [6.45, 7) is 3.79. The summed E-state index contributed by atoms with van der Waals surface area (Å²) in [5, 5.41) is 0.448. The fraction of sp³-hybridized carbons (Fsp3) is 0.211. The molecule has 0 fully saturated rings. The van der Waals surface area contributed by atoms with Crippen LogP contribution in [-0.4, -0.2) is 0 Å². The van der Waals surface area contributed by atoms with Crippen LogP contribution in [0.4, 0.5) is 13.2 Å². The van der Waals surface area contributed by atoms with Gasteiger partial charge in [-0.1, -0.05) is 23.7 Å². The molecule has 3 aromatic rings. The van der Waals surface area contributed by atoms with Gasteiger partial charge in [-0.25, -0.2) is 4.79 Å². The SMILES string of the molecule is Cc1ccc2c(CSc3ccc(Cl)c(C(F)(F)F)c3)cc(=O)oc2c1C. The van der Waals surface area contributed by atoms with Gasteiger partial charge in [-0.05, 0) is 48.7 Å². The minimum atomic E-state index is -4.51. The van der Waals surface area contributed by atoms with Gasteiger partial charge in [0.1, 0.15) is 5.58 Å². The van der Waals surface area contributed by atoms with Gasteiger partial charge in [0.2, 0.25) is 0 Å². The zero-order valence-electron chi connectivity index (χ0n) is 13.9. The van der Waals surface area contributed by atoms with Crippen LogP contribution in [0.15, 0.2) is 50.5 Å². The third-order valence-corrected chi connectivity index (χ3v) is 5.53. The maximum atomic E-state index is 13.0. The Labute approximate surface area is 157 Å². The minimum absolute atomic E-state index is 0.334. The van der Waals surface area contributed by atoms with Gasteiger partial charge in [0, 0.05) is 22.1 Å². The summed E-state index contributed by atoms with van der Waals surface area (Å²) in [6.07, 6.45) is -4.51. The molecule has 0 saturated heterocycles. The number of aryl methyl sites for hydroxylation is 2. The number of halogens is 4. The molecule has 3 rings (SSSR count). The normalized spacial score (nSPS) is 11.9. The molecule has 0 aliphatic heterocycles. The molecule has 7 heteroatoms. The van der Waals surface area contributed by atoms with E-state index < -0.39 is 17.4 Å². The van der Waals surface area contributed by atoms with Crippen molar-refractivity contribution in [1.82, 2.24) is 0 Å². The predicted octanol–water partition coefficient (Wildman–Crippen LogP) is 6.37. The molecule has 2 nitrogen and oxygen atoms in total. The lowest BCUT2D eigenvalue weighted by Crippen LogP contribution is -2.06. The monoisotopic (exact) mass is 398 g/mol. The van der Waals surface area contributed by atoms with Crippen molar-refractivity contribution in [2.45, 2.75) is 30.7 Å². The zero-order chi connectivity index (χ0) is 19.1. The van der Waals surface area contributed by atoms with Crippen LogP contribution in [0.1, 0.15) is 22.3 Å². The van der Waals surface area contributed by atoms with Crippen LogP contribution in [0.2, 0.25) is 5.02 Å². The lowest BCUT2D eigenvalue weighted by Gasteiger charge is -2.12. The number of benzene rings is 2. The van der Waals surface area contributed by atoms with Crippen LogP contribution in [0.25, 0.3) is 11.0 Å². The highest BCUT2D eigenvalue weighted by Crippen LogP contribution is 2.38. The third-order valence-electron chi connectivity index (χ3n) is 4.15. The Morgan fingerprint density at radius 3 is 2.54 bits per heavy atom. The van der Waals surface area contributed by atoms with E-state index in [2.05, 4.69) is 0 Å². The fourth-order valence-corrected chi connectivity index (χ4v) is 3.77. The summed E-state index contributed by atoms with van der Waals surface area (Å²) in [6, 6.07) is 8.96. The molecule has 0 aliphatic rings. The van der Waals surface area contributed by atoms with Crippen molar-refractivity contribution >= 4 is 34.3 Å². The van der Waals surface area contributed by atoms with E-state index in [4.69, 9.17) is 16.0 Å². The molecule has 0 aliphatic carbocycles. The van der Waals surface area contributed by atoms with Crippen molar-refractivity contribution in [1.29, 1.82) is 0 Å². The minimum Gasteiger partial charge on any atom is -0.422 e. The standard InChI is InChI=1S/C19H14ClF3O2S/c1-10-3-5-14-12(7-17(24)25-18(14)11(10)2)9-26-13-4-6-16(20)15(8-13)19(21,22)23/h3-8H,9H2,1-2H3. The molecule has 0 N–H and O–H groups in total. The highest BCUT2D eigenvalue weighted by atomic mass is 35.5. The largest absolute Gasteiger partial charge is 0.422 e. The predicted molar refractivity (Wildman–Crippen MR) is 98.0 cm³/mol. The quantitative estimate of drug-likeness (QED) is 0.379. The number of thioether (sulfide) groups is 1. The van der Waals surface area contributed by atoms with Crippen molar-refractivity contribution in [3.63, 3.8) is 0 Å². The maximum absolute atomic E-state index is 13.0. The van der Waals surface area contributed by atoms with E-state index in [1.54, 1.807) is 0 Å². The van der Waals surface area contributed by atoms with Crippen molar-refractivity contribution in [2.24, 2.45) is 0 Å². The second-order valence-electron chi connectivity index (χ2n) is 5.90. The van der Waals surface area contributed by atoms with Gasteiger partial charge < -0.3 is 4.42 Å². The molecule has 0 spiro atoms. The first kappa shape index (κ1) is 18.9. The smallest absolute Gasteiger partial charge is 0.417 e. The van der Waals surface area contributed by atoms with E-state index in [9.17, 15) is 18.0 Å². The molecule has 1 heterocycles. The van der Waals surface area contributed by atoms with Gasteiger partial charge >= 0.3 is 11.8 Å². The second kappa shape index (κ2) is 7.00. The Kier molecular flexibility index (Phi) is 5.08. The average Bonchev–Trinajstić information content (AvgIpc) is 2.56. The van der Waals surface area contributed by atoms with Crippen LogP contribution < -0.4 is 5.63 Å². The van der Waals surface area contributed by atoms with E-state index >= 15 is 0 Å². The maximum Gasteiger partial charge on any atom is 0.417 e. The molecule has 136 valence electrons. The summed E-state index contributed by atoms with van der Waals surface area (Å²) in [5.74, 6) is 0.337. The Bertz CT molecular complexity index is 1040. The summed E-state index contributed by atoms with van der Waals surface area (Å²) >= 11 is 6.85. The zero-order valence-corrected chi connectivity index (χ0v) is 15.5. The van der Waals surface area contributed by atoms with E-state index in [1.165, 1.54) is 30.0 Å². The van der Waals surface area contributed by atoms with E-state index in [1.807, 2.05) is 26.0 Å². The van der Waals surface area contributed by atoms with Gasteiger partial charge in [-0.2, -0.15) is 13.2 Å². The van der Waals surface area contributed by atoms with Crippen molar-refractivity contribution in [3.8, 4) is 0 Å². The lowest BCUT2D eigenvalue weighted by atomic mass is 10.0. The number of hydrogen-bond acceptors (Lipinski definition) is 3. The van der Waals surface area contributed by atoms with Gasteiger partial charge in [-0.3, -0.25) is 0 Å². The first-order chi connectivity index (χ1) is 12.2. The molecule has 26 heavy (non-hydrogen) atoms. The molecule has 0 bridgehead atoms. The van der Waals surface area contributed by atoms with Crippen molar-refractivity contribution < 1.29 is 17.6 Å². The Hall–Kier alpha value is -1.92. The summed E-state index contributed by atoms with van der Waals surface area (Å²) < 4.78 is 44.3. The molecule has 0 saturated carbocycles. The van der Waals surface area contributed by atoms with Crippen LogP contribution in [0.5, 0.6) is 0 Å².